The molecule has 0 bridgehead atoms. The molecule has 1 atom stereocenters. The van der Waals surface area contributed by atoms with Gasteiger partial charge in [-0.15, -0.1) is 0 Å². The Morgan fingerprint density at radius 2 is 1.67 bits per heavy atom. The number of alkyl halides is 6. The first-order chi connectivity index (χ1) is 15.0. The predicted octanol–water partition coefficient (Wildman–Crippen LogP) is 3.32. The lowest BCUT2D eigenvalue weighted by atomic mass is 9.92. The Morgan fingerprint density at radius 1 is 1.06 bits per heavy atom. The van der Waals surface area contributed by atoms with Crippen LogP contribution in [0.15, 0.2) is 41.3 Å². The number of sulfone groups is 1. The first-order valence-corrected chi connectivity index (χ1v) is 10.9. The van der Waals surface area contributed by atoms with Gasteiger partial charge in [-0.1, -0.05) is 12.1 Å². The van der Waals surface area contributed by atoms with Crippen LogP contribution in [-0.4, -0.2) is 38.0 Å². The van der Waals surface area contributed by atoms with Gasteiger partial charge in [-0.2, -0.15) is 26.3 Å². The second kappa shape index (κ2) is 7.95. The van der Waals surface area contributed by atoms with Crippen LogP contribution < -0.4 is 10.6 Å². The van der Waals surface area contributed by atoms with Gasteiger partial charge in [0.2, 0.25) is 5.91 Å². The van der Waals surface area contributed by atoms with E-state index < -0.39 is 56.8 Å². The number of hydrogen-bond donors (Lipinski definition) is 3. The molecular formula is C19H15F7N2O4S. The van der Waals surface area contributed by atoms with Crippen molar-refractivity contribution in [1.29, 1.82) is 0 Å². The van der Waals surface area contributed by atoms with Crippen LogP contribution in [0.25, 0.3) is 0 Å². The maximum absolute atomic E-state index is 14.3. The second-order valence-corrected chi connectivity index (χ2v) is 9.35. The molecule has 0 aliphatic carbocycles. The van der Waals surface area contributed by atoms with E-state index in [1.165, 1.54) is 18.2 Å². The number of anilines is 1. The highest BCUT2D eigenvalue weighted by Gasteiger charge is 2.71. The molecule has 2 aromatic carbocycles. The Bertz CT molecular complexity index is 1200. The molecular weight excluding hydrogens is 485 g/mol. The summed E-state index contributed by atoms with van der Waals surface area (Å²) in [5.41, 5.74) is -7.02. The standard InChI is InChI=1S/C19H15F7N2O4S/c1-33(31,32)11-3-4-12-9(6-11)8-27-15(12)16(29)28-14-5-2-10(7-13(14)20)17(30,18(21,22)23)19(24,25)26/h2-7,15,27,30H,8H2,1H3,(H,28,29). The molecule has 14 heteroatoms. The number of benzene rings is 2. The molecule has 3 rings (SSSR count). The number of halogens is 7. The van der Waals surface area contributed by atoms with Gasteiger partial charge >= 0.3 is 12.4 Å². The largest absolute Gasteiger partial charge is 0.430 e. The van der Waals surface area contributed by atoms with Crippen molar-refractivity contribution >= 4 is 21.4 Å². The molecule has 3 N–H and O–H groups in total. The van der Waals surface area contributed by atoms with Gasteiger partial charge in [0.25, 0.3) is 5.60 Å². The van der Waals surface area contributed by atoms with Gasteiger partial charge in [0.05, 0.1) is 10.6 Å². The minimum absolute atomic E-state index is 0.00700. The topological polar surface area (TPSA) is 95.5 Å². The first kappa shape index (κ1) is 24.9. The first-order valence-electron chi connectivity index (χ1n) is 9.00. The van der Waals surface area contributed by atoms with Crippen LogP contribution in [0.1, 0.15) is 22.7 Å². The summed E-state index contributed by atoms with van der Waals surface area (Å²) < 4.78 is 115. The zero-order valence-corrected chi connectivity index (χ0v) is 17.3. The molecule has 0 radical (unpaired) electrons. The number of nitrogens with one attached hydrogen (secondary N) is 2. The van der Waals surface area contributed by atoms with E-state index in [1.54, 1.807) is 0 Å². The van der Waals surface area contributed by atoms with E-state index in [0.29, 0.717) is 17.2 Å². The number of aliphatic hydroxyl groups is 1. The highest BCUT2D eigenvalue weighted by molar-refractivity contribution is 7.90. The van der Waals surface area contributed by atoms with E-state index in [-0.39, 0.29) is 23.6 Å². The van der Waals surface area contributed by atoms with Crippen LogP contribution in [-0.2, 0) is 26.8 Å². The molecule has 1 aliphatic heterocycles. The maximum Gasteiger partial charge on any atom is 0.430 e. The fourth-order valence-electron chi connectivity index (χ4n) is 3.34. The van der Waals surface area contributed by atoms with Gasteiger partial charge in [-0.05, 0) is 35.4 Å². The van der Waals surface area contributed by atoms with Gasteiger partial charge in [-0.3, -0.25) is 10.1 Å². The number of fused-ring (bicyclic) bond motifs is 1. The minimum Gasteiger partial charge on any atom is -0.369 e. The minimum atomic E-state index is -6.19. The molecule has 0 spiro atoms. The van der Waals surface area contributed by atoms with E-state index in [2.05, 4.69) is 10.6 Å². The summed E-state index contributed by atoms with van der Waals surface area (Å²) in [5, 5.41) is 14.2. The third-order valence-corrected chi connectivity index (χ3v) is 6.19. The predicted molar refractivity (Wildman–Crippen MR) is 100 cm³/mol. The molecule has 0 aromatic heterocycles. The molecule has 1 unspecified atom stereocenters. The summed E-state index contributed by atoms with van der Waals surface area (Å²) in [4.78, 5) is 12.6. The van der Waals surface area contributed by atoms with Gasteiger partial charge in [-0.25, -0.2) is 12.8 Å². The normalized spacial score (nSPS) is 17.1. The molecule has 1 aliphatic rings. The smallest absolute Gasteiger partial charge is 0.369 e. The summed E-state index contributed by atoms with van der Waals surface area (Å²) >= 11 is 0. The lowest BCUT2D eigenvalue weighted by molar-refractivity contribution is -0.376. The molecule has 6 nitrogen and oxygen atoms in total. The van der Waals surface area contributed by atoms with Crippen LogP contribution >= 0.6 is 0 Å². The molecule has 1 amide bonds. The monoisotopic (exact) mass is 500 g/mol. The van der Waals surface area contributed by atoms with Crippen molar-refractivity contribution in [1.82, 2.24) is 5.32 Å². The van der Waals surface area contributed by atoms with Crippen molar-refractivity contribution in [3.05, 3.63) is 58.9 Å². The Labute approximate surface area is 182 Å². The fourth-order valence-corrected chi connectivity index (χ4v) is 4.01. The summed E-state index contributed by atoms with van der Waals surface area (Å²) in [6.45, 7) is 0.0857. The molecule has 0 saturated carbocycles. The summed E-state index contributed by atoms with van der Waals surface area (Å²) in [5.74, 6) is -2.53. The molecule has 180 valence electrons. The van der Waals surface area contributed by atoms with Crippen molar-refractivity contribution in [2.45, 2.75) is 35.4 Å². The van der Waals surface area contributed by atoms with Crippen molar-refractivity contribution in [2.75, 3.05) is 11.6 Å². The number of carbonyl (C=O) groups excluding carboxylic acids is 1. The van der Waals surface area contributed by atoms with Crippen LogP contribution in [0, 0.1) is 5.82 Å². The molecule has 33 heavy (non-hydrogen) atoms. The fraction of sp³-hybridized carbons (Fsp3) is 0.316. The van der Waals surface area contributed by atoms with Gasteiger partial charge in [0.1, 0.15) is 11.9 Å². The Balaban J connectivity index is 1.87. The Kier molecular flexibility index (Phi) is 6.01. The van der Waals surface area contributed by atoms with E-state index >= 15 is 0 Å². The Hall–Kier alpha value is -2.71. The molecule has 2 aromatic rings. The summed E-state index contributed by atoms with van der Waals surface area (Å²) in [6, 6.07) is 3.38. The highest BCUT2D eigenvalue weighted by Crippen LogP contribution is 2.50. The van der Waals surface area contributed by atoms with Crippen molar-refractivity contribution in [2.24, 2.45) is 0 Å². The summed E-state index contributed by atoms with van der Waals surface area (Å²) in [7, 11) is -3.51. The molecule has 0 fully saturated rings. The SMILES string of the molecule is CS(=O)(=O)c1ccc2c(c1)CNC2C(=O)Nc1ccc(C(O)(C(F)(F)F)C(F)(F)F)cc1F. The zero-order valence-electron chi connectivity index (χ0n) is 16.5. The van der Waals surface area contributed by atoms with Crippen LogP contribution in [0.4, 0.5) is 36.4 Å². The van der Waals surface area contributed by atoms with Gasteiger partial charge in [0, 0.05) is 18.4 Å². The summed E-state index contributed by atoms with van der Waals surface area (Å²) in [6.07, 6.45) is -11.4. The van der Waals surface area contributed by atoms with Gasteiger partial charge in [0.15, 0.2) is 9.84 Å². The zero-order chi connectivity index (χ0) is 25.0. The third-order valence-electron chi connectivity index (χ3n) is 5.08. The molecule has 1 heterocycles. The average Bonchev–Trinajstić information content (AvgIpc) is 3.09. The van der Waals surface area contributed by atoms with Crippen LogP contribution in [0.5, 0.6) is 0 Å². The lowest BCUT2D eigenvalue weighted by Gasteiger charge is -2.32. The number of carbonyl (C=O) groups is 1. The molecule has 0 saturated heterocycles. The second-order valence-electron chi connectivity index (χ2n) is 7.34. The van der Waals surface area contributed by atoms with Crippen molar-refractivity contribution in [3.63, 3.8) is 0 Å². The van der Waals surface area contributed by atoms with Crippen molar-refractivity contribution < 1.29 is 49.1 Å². The number of amides is 1. The van der Waals surface area contributed by atoms with Crippen LogP contribution in [0.2, 0.25) is 0 Å². The average molecular weight is 500 g/mol. The quantitative estimate of drug-likeness (QED) is 0.560. The maximum atomic E-state index is 14.3. The number of rotatable bonds is 4. The van der Waals surface area contributed by atoms with Gasteiger partial charge < -0.3 is 10.4 Å². The van der Waals surface area contributed by atoms with Crippen LogP contribution in [0.3, 0.4) is 0 Å². The van der Waals surface area contributed by atoms with E-state index in [0.717, 1.165) is 6.26 Å². The number of hydrogen-bond acceptors (Lipinski definition) is 5. The Morgan fingerprint density at radius 3 is 2.18 bits per heavy atom. The third kappa shape index (κ3) is 4.42. The van der Waals surface area contributed by atoms with Crippen molar-refractivity contribution in [3.8, 4) is 0 Å². The van der Waals surface area contributed by atoms with E-state index in [1.807, 2.05) is 0 Å². The lowest BCUT2D eigenvalue weighted by Crippen LogP contribution is -2.54. The van der Waals surface area contributed by atoms with E-state index in [9.17, 15) is 49.1 Å². The highest BCUT2D eigenvalue weighted by atomic mass is 32.2. The van der Waals surface area contributed by atoms with E-state index in [4.69, 9.17) is 0 Å².